The molecule has 120 valence electrons. The van der Waals surface area contributed by atoms with Crippen LogP contribution in [0.5, 0.6) is 0 Å². The predicted molar refractivity (Wildman–Crippen MR) is 85.7 cm³/mol. The molecule has 8 heteroatoms. The van der Waals surface area contributed by atoms with Crippen LogP contribution in [0.1, 0.15) is 33.1 Å². The summed E-state index contributed by atoms with van der Waals surface area (Å²) in [5, 5.41) is 3.56. The average molecular weight is 323 g/mol. The SMILES string of the molecule is CCCCNC(=O)OCn1cnc2c(SCCC)ncnc21. The topological polar surface area (TPSA) is 81.9 Å². The number of carbonyl (C=O) groups is 1. The zero-order valence-electron chi connectivity index (χ0n) is 12.9. The highest BCUT2D eigenvalue weighted by molar-refractivity contribution is 7.99. The lowest BCUT2D eigenvalue weighted by atomic mass is 10.3. The highest BCUT2D eigenvalue weighted by Gasteiger charge is 2.11. The van der Waals surface area contributed by atoms with E-state index in [1.54, 1.807) is 22.7 Å². The molecule has 0 atom stereocenters. The van der Waals surface area contributed by atoms with Crippen LogP contribution in [0.4, 0.5) is 4.79 Å². The summed E-state index contributed by atoms with van der Waals surface area (Å²) in [4.78, 5) is 24.4. The van der Waals surface area contributed by atoms with Crippen molar-refractivity contribution in [1.29, 1.82) is 0 Å². The van der Waals surface area contributed by atoms with Crippen LogP contribution >= 0.6 is 11.8 Å². The molecule has 0 spiro atoms. The van der Waals surface area contributed by atoms with Crippen LogP contribution in [-0.2, 0) is 11.5 Å². The Bertz CT molecular complexity index is 616. The van der Waals surface area contributed by atoms with Gasteiger partial charge >= 0.3 is 6.09 Å². The van der Waals surface area contributed by atoms with E-state index in [0.29, 0.717) is 12.2 Å². The predicted octanol–water partition coefficient (Wildman–Crippen LogP) is 2.81. The van der Waals surface area contributed by atoms with E-state index >= 15 is 0 Å². The molecule has 1 N–H and O–H groups in total. The average Bonchev–Trinajstić information content (AvgIpc) is 2.95. The number of rotatable bonds is 8. The van der Waals surface area contributed by atoms with E-state index in [-0.39, 0.29) is 6.73 Å². The van der Waals surface area contributed by atoms with Gasteiger partial charge in [0.1, 0.15) is 16.9 Å². The van der Waals surface area contributed by atoms with Gasteiger partial charge in [-0.05, 0) is 18.6 Å². The van der Waals surface area contributed by atoms with E-state index in [1.807, 2.05) is 0 Å². The molecule has 0 saturated carbocycles. The molecular weight excluding hydrogens is 302 g/mol. The molecule has 0 bridgehead atoms. The highest BCUT2D eigenvalue weighted by Crippen LogP contribution is 2.23. The molecule has 0 unspecified atom stereocenters. The van der Waals surface area contributed by atoms with Gasteiger partial charge in [0.05, 0.1) is 6.33 Å². The zero-order valence-corrected chi connectivity index (χ0v) is 13.7. The van der Waals surface area contributed by atoms with Crippen LogP contribution in [0.15, 0.2) is 17.7 Å². The number of ether oxygens (including phenoxy) is 1. The first-order chi connectivity index (χ1) is 10.8. The molecule has 2 aromatic heterocycles. The summed E-state index contributed by atoms with van der Waals surface area (Å²) >= 11 is 1.65. The Kier molecular flexibility index (Phi) is 6.45. The van der Waals surface area contributed by atoms with Gasteiger partial charge in [0.25, 0.3) is 0 Å². The normalized spacial score (nSPS) is 10.8. The second-order valence-electron chi connectivity index (χ2n) is 4.76. The smallest absolute Gasteiger partial charge is 0.408 e. The lowest BCUT2D eigenvalue weighted by Gasteiger charge is -2.07. The van der Waals surface area contributed by atoms with E-state index in [0.717, 1.165) is 35.6 Å². The maximum absolute atomic E-state index is 11.6. The summed E-state index contributed by atoms with van der Waals surface area (Å²) < 4.78 is 6.87. The number of fused-ring (bicyclic) bond motifs is 1. The molecule has 0 aliphatic carbocycles. The first-order valence-electron chi connectivity index (χ1n) is 7.45. The molecule has 0 aliphatic rings. The van der Waals surface area contributed by atoms with E-state index in [4.69, 9.17) is 4.74 Å². The number of imidazole rings is 1. The van der Waals surface area contributed by atoms with Crippen LogP contribution in [0, 0.1) is 0 Å². The third kappa shape index (κ3) is 4.33. The number of amides is 1. The molecule has 2 aromatic rings. The molecular formula is C14H21N5O2S. The Hall–Kier alpha value is -1.83. The Morgan fingerprint density at radius 3 is 2.95 bits per heavy atom. The van der Waals surface area contributed by atoms with Crippen molar-refractivity contribution in [3.05, 3.63) is 12.7 Å². The third-order valence-electron chi connectivity index (χ3n) is 2.94. The van der Waals surface area contributed by atoms with Crippen molar-refractivity contribution >= 4 is 29.0 Å². The number of unbranched alkanes of at least 4 members (excludes halogenated alkanes) is 1. The summed E-state index contributed by atoms with van der Waals surface area (Å²) in [7, 11) is 0. The monoisotopic (exact) mass is 323 g/mol. The van der Waals surface area contributed by atoms with Gasteiger partial charge in [-0.1, -0.05) is 20.3 Å². The van der Waals surface area contributed by atoms with Gasteiger partial charge in [0, 0.05) is 6.54 Å². The number of carbonyl (C=O) groups excluding carboxylic acids is 1. The molecule has 0 saturated heterocycles. The van der Waals surface area contributed by atoms with Gasteiger partial charge in [0.2, 0.25) is 0 Å². The van der Waals surface area contributed by atoms with Gasteiger partial charge in [-0.2, -0.15) is 0 Å². The van der Waals surface area contributed by atoms with Gasteiger partial charge < -0.3 is 10.1 Å². The van der Waals surface area contributed by atoms with Crippen LogP contribution in [-0.4, -0.2) is 37.9 Å². The van der Waals surface area contributed by atoms with Crippen molar-refractivity contribution in [2.75, 3.05) is 12.3 Å². The second kappa shape index (κ2) is 8.57. The minimum atomic E-state index is -0.426. The van der Waals surface area contributed by atoms with Crippen molar-refractivity contribution < 1.29 is 9.53 Å². The van der Waals surface area contributed by atoms with Gasteiger partial charge in [-0.25, -0.2) is 19.7 Å². The maximum Gasteiger partial charge on any atom is 0.408 e. The van der Waals surface area contributed by atoms with Crippen LogP contribution in [0.2, 0.25) is 0 Å². The number of nitrogens with one attached hydrogen (secondary N) is 1. The molecule has 2 heterocycles. The van der Waals surface area contributed by atoms with Crippen molar-refractivity contribution in [2.45, 2.75) is 44.9 Å². The van der Waals surface area contributed by atoms with Crippen molar-refractivity contribution in [1.82, 2.24) is 24.8 Å². The number of hydrogen-bond acceptors (Lipinski definition) is 6. The fourth-order valence-corrected chi connectivity index (χ4v) is 2.60. The Morgan fingerprint density at radius 2 is 2.18 bits per heavy atom. The zero-order chi connectivity index (χ0) is 15.8. The molecule has 0 aromatic carbocycles. The van der Waals surface area contributed by atoms with Crippen LogP contribution < -0.4 is 5.32 Å². The maximum atomic E-state index is 11.6. The molecule has 0 aliphatic heterocycles. The Balaban J connectivity index is 1.99. The minimum absolute atomic E-state index is 0.0867. The number of nitrogens with zero attached hydrogens (tertiary/aromatic N) is 4. The standard InChI is InChI=1S/C14H21N5O2S/c1-3-5-6-15-14(20)21-10-19-9-18-11-12(19)16-8-17-13(11)22-7-4-2/h8-9H,3-7,10H2,1-2H3,(H,15,20). The van der Waals surface area contributed by atoms with E-state index in [9.17, 15) is 4.79 Å². The number of aromatic nitrogens is 4. The summed E-state index contributed by atoms with van der Waals surface area (Å²) in [6, 6.07) is 0. The quantitative estimate of drug-likeness (QED) is 0.457. The lowest BCUT2D eigenvalue weighted by molar-refractivity contribution is 0.115. The first-order valence-corrected chi connectivity index (χ1v) is 8.44. The van der Waals surface area contributed by atoms with Crippen LogP contribution in [0.3, 0.4) is 0 Å². The Morgan fingerprint density at radius 1 is 1.32 bits per heavy atom. The van der Waals surface area contributed by atoms with E-state index in [1.165, 1.54) is 6.33 Å². The summed E-state index contributed by atoms with van der Waals surface area (Å²) in [5.41, 5.74) is 1.42. The number of alkyl carbamates (subject to hydrolysis) is 1. The highest BCUT2D eigenvalue weighted by atomic mass is 32.2. The lowest BCUT2D eigenvalue weighted by Crippen LogP contribution is -2.26. The van der Waals surface area contributed by atoms with Crippen molar-refractivity contribution in [2.24, 2.45) is 0 Å². The molecule has 22 heavy (non-hydrogen) atoms. The summed E-state index contributed by atoms with van der Waals surface area (Å²) in [6.45, 7) is 4.90. The van der Waals surface area contributed by atoms with Gasteiger partial charge in [0.15, 0.2) is 12.4 Å². The summed E-state index contributed by atoms with van der Waals surface area (Å²) in [5.74, 6) is 0.981. The number of hydrogen-bond donors (Lipinski definition) is 1. The largest absolute Gasteiger partial charge is 0.428 e. The van der Waals surface area contributed by atoms with Crippen molar-refractivity contribution in [3.8, 4) is 0 Å². The van der Waals surface area contributed by atoms with E-state index in [2.05, 4.69) is 34.1 Å². The molecule has 0 fully saturated rings. The minimum Gasteiger partial charge on any atom is -0.428 e. The Labute approximate surface area is 133 Å². The number of thioether (sulfide) groups is 1. The third-order valence-corrected chi connectivity index (χ3v) is 4.13. The second-order valence-corrected chi connectivity index (χ2v) is 5.84. The molecule has 1 amide bonds. The van der Waals surface area contributed by atoms with Gasteiger partial charge in [-0.3, -0.25) is 4.57 Å². The molecule has 0 radical (unpaired) electrons. The molecule has 7 nitrogen and oxygen atoms in total. The fourth-order valence-electron chi connectivity index (χ4n) is 1.80. The molecule has 2 rings (SSSR count). The fraction of sp³-hybridized carbons (Fsp3) is 0.571. The first kappa shape index (κ1) is 16.5. The van der Waals surface area contributed by atoms with Crippen LogP contribution in [0.25, 0.3) is 11.2 Å². The van der Waals surface area contributed by atoms with E-state index < -0.39 is 6.09 Å². The summed E-state index contributed by atoms with van der Waals surface area (Å²) in [6.07, 6.45) is 5.74. The van der Waals surface area contributed by atoms with Crippen molar-refractivity contribution in [3.63, 3.8) is 0 Å². The van der Waals surface area contributed by atoms with Gasteiger partial charge in [-0.15, -0.1) is 11.8 Å².